The summed E-state index contributed by atoms with van der Waals surface area (Å²) in [5.41, 5.74) is 0.339. The number of hydrogen-bond donors (Lipinski definition) is 0. The van der Waals surface area contributed by atoms with E-state index in [0.717, 1.165) is 12.1 Å². The summed E-state index contributed by atoms with van der Waals surface area (Å²) in [6.07, 6.45) is 0.650. The highest BCUT2D eigenvalue weighted by Crippen LogP contribution is 2.47. The van der Waals surface area contributed by atoms with Crippen LogP contribution in [0.1, 0.15) is 17.9 Å². The summed E-state index contributed by atoms with van der Waals surface area (Å²) >= 11 is 0. The average Bonchev–Trinajstić information content (AvgIpc) is 2.88. The Morgan fingerprint density at radius 2 is 2.15 bits per heavy atom. The van der Waals surface area contributed by atoms with Crippen LogP contribution in [0.25, 0.3) is 0 Å². The van der Waals surface area contributed by atoms with Crippen molar-refractivity contribution in [2.24, 2.45) is 5.92 Å². The molecule has 1 aromatic rings. The van der Waals surface area contributed by atoms with Crippen LogP contribution in [0.3, 0.4) is 0 Å². The van der Waals surface area contributed by atoms with Crippen molar-refractivity contribution in [1.82, 2.24) is 0 Å². The largest absolute Gasteiger partial charge is 0.207 e. The number of rotatable bonds is 1. The molecule has 2 rings (SSSR count). The zero-order valence-electron chi connectivity index (χ0n) is 6.80. The molecule has 1 aliphatic carbocycles. The van der Waals surface area contributed by atoms with Crippen LogP contribution in [-0.2, 0) is 0 Å². The van der Waals surface area contributed by atoms with E-state index in [9.17, 15) is 8.78 Å². The summed E-state index contributed by atoms with van der Waals surface area (Å²) in [7, 11) is 0. The highest BCUT2D eigenvalue weighted by atomic mass is 19.1. The molecule has 2 unspecified atom stereocenters. The second-order valence-electron chi connectivity index (χ2n) is 3.24. The van der Waals surface area contributed by atoms with Crippen LogP contribution in [0.5, 0.6) is 0 Å². The maximum absolute atomic E-state index is 13.1. The predicted molar refractivity (Wildman–Crippen MR) is 42.8 cm³/mol. The summed E-state index contributed by atoms with van der Waals surface area (Å²) < 4.78 is 25.8. The van der Waals surface area contributed by atoms with Crippen LogP contribution in [-0.4, -0.2) is 0 Å². The minimum atomic E-state index is -0.444. The second kappa shape index (κ2) is 2.81. The molecule has 0 N–H and O–H groups in total. The number of hydrogen-bond acceptors (Lipinski definition) is 1. The Morgan fingerprint density at radius 3 is 2.77 bits per heavy atom. The lowest BCUT2D eigenvalue weighted by Gasteiger charge is -1.99. The monoisotopic (exact) mass is 179 g/mol. The van der Waals surface area contributed by atoms with Crippen LogP contribution >= 0.6 is 0 Å². The highest BCUT2D eigenvalue weighted by Gasteiger charge is 2.40. The van der Waals surface area contributed by atoms with Gasteiger partial charge >= 0.3 is 0 Å². The van der Waals surface area contributed by atoms with E-state index in [0.29, 0.717) is 12.0 Å². The summed E-state index contributed by atoms with van der Waals surface area (Å²) in [4.78, 5) is 0. The summed E-state index contributed by atoms with van der Waals surface area (Å²) in [6.45, 7) is 0. The molecular formula is C10H7F2N. The van der Waals surface area contributed by atoms with Crippen molar-refractivity contribution in [3.05, 3.63) is 35.4 Å². The predicted octanol–water partition coefficient (Wildman–Crippen LogP) is 2.59. The Kier molecular flexibility index (Phi) is 1.77. The van der Waals surface area contributed by atoms with E-state index >= 15 is 0 Å². The topological polar surface area (TPSA) is 23.8 Å². The molecule has 0 amide bonds. The van der Waals surface area contributed by atoms with Gasteiger partial charge in [-0.3, -0.25) is 0 Å². The number of nitriles is 1. The Hall–Kier alpha value is -1.43. The van der Waals surface area contributed by atoms with Gasteiger partial charge in [0, 0.05) is 5.92 Å². The van der Waals surface area contributed by atoms with Gasteiger partial charge in [-0.25, -0.2) is 8.78 Å². The van der Waals surface area contributed by atoms with Gasteiger partial charge in [0.05, 0.1) is 12.0 Å². The van der Waals surface area contributed by atoms with Gasteiger partial charge in [0.25, 0.3) is 0 Å². The van der Waals surface area contributed by atoms with Gasteiger partial charge in [0.15, 0.2) is 0 Å². The molecular weight excluding hydrogens is 172 g/mol. The molecule has 0 heterocycles. The molecule has 0 spiro atoms. The molecule has 0 aromatic heterocycles. The van der Waals surface area contributed by atoms with Crippen LogP contribution in [0.2, 0.25) is 0 Å². The first-order chi connectivity index (χ1) is 6.22. The molecule has 0 bridgehead atoms. The molecule has 0 saturated heterocycles. The van der Waals surface area contributed by atoms with E-state index in [2.05, 4.69) is 0 Å². The Balaban J connectivity index is 2.32. The van der Waals surface area contributed by atoms with E-state index in [-0.39, 0.29) is 11.8 Å². The molecule has 66 valence electrons. The first-order valence-corrected chi connectivity index (χ1v) is 4.07. The van der Waals surface area contributed by atoms with Gasteiger partial charge in [-0.1, -0.05) is 0 Å². The molecule has 1 saturated carbocycles. The van der Waals surface area contributed by atoms with Gasteiger partial charge in [-0.05, 0) is 30.2 Å². The number of halogens is 2. The third-order valence-electron chi connectivity index (χ3n) is 2.31. The van der Waals surface area contributed by atoms with Gasteiger partial charge < -0.3 is 0 Å². The average molecular weight is 179 g/mol. The van der Waals surface area contributed by atoms with E-state index in [1.165, 1.54) is 6.07 Å². The van der Waals surface area contributed by atoms with Gasteiger partial charge in [-0.2, -0.15) is 5.26 Å². The van der Waals surface area contributed by atoms with Crippen molar-refractivity contribution in [1.29, 1.82) is 5.26 Å². The Labute approximate surface area is 74.6 Å². The van der Waals surface area contributed by atoms with Crippen molar-refractivity contribution in [2.75, 3.05) is 0 Å². The maximum Gasteiger partial charge on any atom is 0.126 e. The standard InChI is InChI=1S/C10H7F2N/c11-7-1-2-10(12)9(4-7)8-3-6(8)5-13/h1-2,4,6,8H,3H2. The minimum absolute atomic E-state index is 0.0966. The van der Waals surface area contributed by atoms with E-state index < -0.39 is 11.6 Å². The Bertz CT molecular complexity index is 381. The lowest BCUT2D eigenvalue weighted by Crippen LogP contribution is -1.90. The van der Waals surface area contributed by atoms with E-state index in [1.807, 2.05) is 6.07 Å². The minimum Gasteiger partial charge on any atom is -0.207 e. The molecule has 13 heavy (non-hydrogen) atoms. The first kappa shape index (κ1) is 8.18. The highest BCUT2D eigenvalue weighted by molar-refractivity contribution is 5.30. The third kappa shape index (κ3) is 1.40. The van der Waals surface area contributed by atoms with Gasteiger partial charge in [0.2, 0.25) is 0 Å². The zero-order chi connectivity index (χ0) is 9.42. The van der Waals surface area contributed by atoms with Crippen LogP contribution in [0.4, 0.5) is 8.78 Å². The van der Waals surface area contributed by atoms with Crippen LogP contribution in [0, 0.1) is 28.9 Å². The van der Waals surface area contributed by atoms with Crippen molar-refractivity contribution < 1.29 is 8.78 Å². The van der Waals surface area contributed by atoms with E-state index in [4.69, 9.17) is 5.26 Å². The second-order valence-corrected chi connectivity index (χ2v) is 3.24. The van der Waals surface area contributed by atoms with Gasteiger partial charge in [0.1, 0.15) is 11.6 Å². The number of benzene rings is 1. The lowest BCUT2D eigenvalue weighted by atomic mass is 10.1. The van der Waals surface area contributed by atoms with Crippen LogP contribution in [0.15, 0.2) is 18.2 Å². The van der Waals surface area contributed by atoms with Crippen molar-refractivity contribution in [3.8, 4) is 6.07 Å². The summed E-state index contributed by atoms with van der Waals surface area (Å²) in [5.74, 6) is -1.08. The molecule has 0 radical (unpaired) electrons. The smallest absolute Gasteiger partial charge is 0.126 e. The maximum atomic E-state index is 13.1. The third-order valence-corrected chi connectivity index (χ3v) is 2.31. The fourth-order valence-electron chi connectivity index (χ4n) is 1.48. The first-order valence-electron chi connectivity index (χ1n) is 4.07. The molecule has 0 aliphatic heterocycles. The fourth-order valence-corrected chi connectivity index (χ4v) is 1.48. The molecule has 1 nitrogen and oxygen atoms in total. The fraction of sp³-hybridized carbons (Fsp3) is 0.300. The Morgan fingerprint density at radius 1 is 1.38 bits per heavy atom. The van der Waals surface area contributed by atoms with Crippen molar-refractivity contribution >= 4 is 0 Å². The normalized spacial score (nSPS) is 25.3. The molecule has 1 aliphatic rings. The molecule has 1 aromatic carbocycles. The zero-order valence-corrected chi connectivity index (χ0v) is 6.80. The van der Waals surface area contributed by atoms with Crippen molar-refractivity contribution in [2.45, 2.75) is 12.3 Å². The summed E-state index contributed by atoms with van der Waals surface area (Å²) in [5, 5.41) is 8.53. The SMILES string of the molecule is N#CC1CC1c1cc(F)ccc1F. The van der Waals surface area contributed by atoms with Crippen molar-refractivity contribution in [3.63, 3.8) is 0 Å². The van der Waals surface area contributed by atoms with Gasteiger partial charge in [-0.15, -0.1) is 0 Å². The summed E-state index contributed by atoms with van der Waals surface area (Å²) in [6, 6.07) is 5.42. The molecule has 1 fully saturated rings. The van der Waals surface area contributed by atoms with Crippen LogP contribution < -0.4 is 0 Å². The molecule has 3 heteroatoms. The van der Waals surface area contributed by atoms with E-state index in [1.54, 1.807) is 0 Å². The molecule has 2 atom stereocenters. The quantitative estimate of drug-likeness (QED) is 0.650. The number of nitrogens with zero attached hydrogens (tertiary/aromatic N) is 1. The lowest BCUT2D eigenvalue weighted by molar-refractivity contribution is 0.584.